The Bertz CT molecular complexity index is 555. The van der Waals surface area contributed by atoms with Gasteiger partial charge in [-0.1, -0.05) is 0 Å². The van der Waals surface area contributed by atoms with Gasteiger partial charge in [0.2, 0.25) is 5.89 Å². The van der Waals surface area contributed by atoms with Gasteiger partial charge in [-0.2, -0.15) is 0 Å². The van der Waals surface area contributed by atoms with E-state index in [1.807, 2.05) is 26.0 Å². The molecule has 0 aliphatic carbocycles. The van der Waals surface area contributed by atoms with E-state index in [0.29, 0.717) is 12.5 Å². The second-order valence-corrected chi connectivity index (χ2v) is 3.90. The molecule has 0 saturated carbocycles. The molecule has 5 heteroatoms. The maximum Gasteiger partial charge on any atom is 0.360 e. The minimum atomic E-state index is -0.477. The van der Waals surface area contributed by atoms with Crippen LogP contribution in [0.5, 0.6) is 0 Å². The number of esters is 1. The van der Waals surface area contributed by atoms with E-state index in [-0.39, 0.29) is 5.69 Å². The molecule has 0 radical (unpaired) electrons. The molecular formula is C13H14N2O3. The number of aryl methyl sites for hydroxylation is 2. The van der Waals surface area contributed by atoms with Crippen LogP contribution in [0.3, 0.4) is 0 Å². The third kappa shape index (κ3) is 2.56. The maximum atomic E-state index is 11.5. The lowest BCUT2D eigenvalue weighted by molar-refractivity contribution is 0.0519. The first-order valence-electron chi connectivity index (χ1n) is 5.68. The summed E-state index contributed by atoms with van der Waals surface area (Å²) in [5.74, 6) is -0.0818. The number of hydrogen-bond donors (Lipinski definition) is 0. The fourth-order valence-corrected chi connectivity index (χ4v) is 1.66. The van der Waals surface area contributed by atoms with Crippen LogP contribution in [0.2, 0.25) is 0 Å². The molecular weight excluding hydrogens is 232 g/mol. The summed E-state index contributed by atoms with van der Waals surface area (Å²) in [7, 11) is 0. The van der Waals surface area contributed by atoms with E-state index in [0.717, 1.165) is 17.0 Å². The van der Waals surface area contributed by atoms with Crippen LogP contribution in [0.15, 0.2) is 22.8 Å². The van der Waals surface area contributed by atoms with Crippen molar-refractivity contribution in [3.05, 3.63) is 35.5 Å². The van der Waals surface area contributed by atoms with Crippen LogP contribution in [0.4, 0.5) is 0 Å². The smallest absolute Gasteiger partial charge is 0.360 e. The van der Waals surface area contributed by atoms with E-state index < -0.39 is 5.97 Å². The second-order valence-electron chi connectivity index (χ2n) is 3.90. The Balaban J connectivity index is 2.32. The number of aromatic nitrogens is 2. The van der Waals surface area contributed by atoms with Gasteiger partial charge in [0.1, 0.15) is 6.26 Å². The fourth-order valence-electron chi connectivity index (χ4n) is 1.66. The van der Waals surface area contributed by atoms with Crippen molar-refractivity contribution < 1.29 is 13.9 Å². The monoisotopic (exact) mass is 246 g/mol. The van der Waals surface area contributed by atoms with Crippen LogP contribution in [0.1, 0.15) is 28.8 Å². The highest BCUT2D eigenvalue weighted by Gasteiger charge is 2.14. The topological polar surface area (TPSA) is 65.2 Å². The van der Waals surface area contributed by atoms with Gasteiger partial charge in [-0.05, 0) is 32.9 Å². The predicted octanol–water partition coefficient (Wildman–Crippen LogP) is 2.53. The van der Waals surface area contributed by atoms with Crippen molar-refractivity contribution in [3.63, 3.8) is 0 Å². The molecule has 2 rings (SSSR count). The molecule has 0 fully saturated rings. The van der Waals surface area contributed by atoms with E-state index in [1.165, 1.54) is 6.26 Å². The molecule has 0 aliphatic heterocycles. The first-order valence-corrected chi connectivity index (χ1v) is 5.68. The van der Waals surface area contributed by atoms with Crippen LogP contribution in [0.25, 0.3) is 11.5 Å². The molecule has 0 unspecified atom stereocenters. The van der Waals surface area contributed by atoms with Gasteiger partial charge in [0.05, 0.1) is 6.61 Å². The Morgan fingerprint density at radius 2 is 1.94 bits per heavy atom. The molecule has 0 aliphatic rings. The van der Waals surface area contributed by atoms with Gasteiger partial charge in [0.15, 0.2) is 5.69 Å². The van der Waals surface area contributed by atoms with Crippen LogP contribution >= 0.6 is 0 Å². The minimum Gasteiger partial charge on any atom is -0.461 e. The van der Waals surface area contributed by atoms with E-state index >= 15 is 0 Å². The summed E-state index contributed by atoms with van der Waals surface area (Å²) in [5, 5.41) is 0. The Morgan fingerprint density at radius 1 is 1.28 bits per heavy atom. The highest BCUT2D eigenvalue weighted by Crippen LogP contribution is 2.20. The molecule has 5 nitrogen and oxygen atoms in total. The molecule has 0 amide bonds. The van der Waals surface area contributed by atoms with E-state index in [2.05, 4.69) is 9.97 Å². The molecule has 2 aromatic heterocycles. The van der Waals surface area contributed by atoms with Gasteiger partial charge >= 0.3 is 5.97 Å². The largest absolute Gasteiger partial charge is 0.461 e. The van der Waals surface area contributed by atoms with Crippen molar-refractivity contribution >= 4 is 5.97 Å². The quantitative estimate of drug-likeness (QED) is 0.778. The lowest BCUT2D eigenvalue weighted by Gasteiger charge is -1.99. The van der Waals surface area contributed by atoms with E-state index in [1.54, 1.807) is 6.92 Å². The number of carbonyl (C=O) groups is 1. The molecule has 2 heterocycles. The maximum absolute atomic E-state index is 11.5. The number of pyridine rings is 1. The zero-order chi connectivity index (χ0) is 13.1. The number of carbonyl (C=O) groups excluding carboxylic acids is 1. The van der Waals surface area contributed by atoms with Crippen molar-refractivity contribution in [2.75, 3.05) is 6.61 Å². The van der Waals surface area contributed by atoms with Crippen LogP contribution in [-0.2, 0) is 4.74 Å². The van der Waals surface area contributed by atoms with Crippen LogP contribution in [0, 0.1) is 13.8 Å². The first-order chi connectivity index (χ1) is 8.60. The Kier molecular flexibility index (Phi) is 3.41. The SMILES string of the molecule is CCOC(=O)c1coc(-c2cc(C)nc(C)c2)n1. The van der Waals surface area contributed by atoms with Crippen molar-refractivity contribution in [2.24, 2.45) is 0 Å². The lowest BCUT2D eigenvalue weighted by Crippen LogP contribution is -2.04. The minimum absolute atomic E-state index is 0.180. The molecule has 94 valence electrons. The van der Waals surface area contributed by atoms with E-state index in [4.69, 9.17) is 9.15 Å². The Labute approximate surface area is 105 Å². The summed E-state index contributed by atoms with van der Waals surface area (Å²) in [6.07, 6.45) is 1.30. The van der Waals surface area contributed by atoms with Gasteiger partial charge < -0.3 is 9.15 Å². The molecule has 18 heavy (non-hydrogen) atoms. The van der Waals surface area contributed by atoms with Crippen molar-refractivity contribution in [2.45, 2.75) is 20.8 Å². The lowest BCUT2D eigenvalue weighted by atomic mass is 10.2. The van der Waals surface area contributed by atoms with Gasteiger partial charge in [-0.15, -0.1) is 0 Å². The Morgan fingerprint density at radius 3 is 2.56 bits per heavy atom. The standard InChI is InChI=1S/C13H14N2O3/c1-4-17-13(16)11-7-18-12(15-11)10-5-8(2)14-9(3)6-10/h5-7H,4H2,1-3H3. The van der Waals surface area contributed by atoms with Crippen molar-refractivity contribution in [1.29, 1.82) is 0 Å². The molecule has 0 atom stereocenters. The third-order valence-corrected chi connectivity index (χ3v) is 2.32. The molecule has 0 N–H and O–H groups in total. The van der Waals surface area contributed by atoms with Gasteiger partial charge in [0, 0.05) is 17.0 Å². The summed E-state index contributed by atoms with van der Waals surface area (Å²) in [6, 6.07) is 3.71. The highest BCUT2D eigenvalue weighted by atomic mass is 16.5. The van der Waals surface area contributed by atoms with Gasteiger partial charge in [-0.3, -0.25) is 4.98 Å². The van der Waals surface area contributed by atoms with Crippen molar-refractivity contribution in [3.8, 4) is 11.5 Å². The third-order valence-electron chi connectivity index (χ3n) is 2.32. The predicted molar refractivity (Wildman–Crippen MR) is 65.2 cm³/mol. The molecule has 0 bridgehead atoms. The highest BCUT2D eigenvalue weighted by molar-refractivity contribution is 5.87. The molecule has 0 saturated heterocycles. The van der Waals surface area contributed by atoms with Gasteiger partial charge in [0.25, 0.3) is 0 Å². The number of nitrogens with zero attached hydrogens (tertiary/aromatic N) is 2. The zero-order valence-electron chi connectivity index (χ0n) is 10.6. The molecule has 0 spiro atoms. The van der Waals surface area contributed by atoms with Crippen molar-refractivity contribution in [1.82, 2.24) is 9.97 Å². The molecule has 2 aromatic rings. The summed E-state index contributed by atoms with van der Waals surface area (Å²) in [4.78, 5) is 19.8. The first kappa shape index (κ1) is 12.3. The normalized spacial score (nSPS) is 10.4. The summed E-state index contributed by atoms with van der Waals surface area (Å²) in [5.41, 5.74) is 2.73. The second kappa shape index (κ2) is 5.00. The Hall–Kier alpha value is -2.17. The van der Waals surface area contributed by atoms with Crippen LogP contribution < -0.4 is 0 Å². The number of oxazole rings is 1. The fraction of sp³-hybridized carbons (Fsp3) is 0.308. The number of hydrogen-bond acceptors (Lipinski definition) is 5. The number of ether oxygens (including phenoxy) is 1. The van der Waals surface area contributed by atoms with E-state index in [9.17, 15) is 4.79 Å². The summed E-state index contributed by atoms with van der Waals surface area (Å²) >= 11 is 0. The average molecular weight is 246 g/mol. The van der Waals surface area contributed by atoms with Crippen LogP contribution in [-0.4, -0.2) is 22.5 Å². The summed E-state index contributed by atoms with van der Waals surface area (Å²) < 4.78 is 10.1. The zero-order valence-corrected chi connectivity index (χ0v) is 10.6. The molecule has 0 aromatic carbocycles. The van der Waals surface area contributed by atoms with Gasteiger partial charge in [-0.25, -0.2) is 9.78 Å². The summed E-state index contributed by atoms with van der Waals surface area (Å²) in [6.45, 7) is 5.85. The number of rotatable bonds is 3. The average Bonchev–Trinajstić information content (AvgIpc) is 2.77.